The first kappa shape index (κ1) is 13.6. The van der Waals surface area contributed by atoms with Gasteiger partial charge in [0.25, 0.3) is 5.91 Å². The molecule has 2 heterocycles. The van der Waals surface area contributed by atoms with Crippen molar-refractivity contribution in [2.24, 2.45) is 5.92 Å². The monoisotopic (exact) mass is 295 g/mol. The Bertz CT molecular complexity index is 498. The molecule has 20 heavy (non-hydrogen) atoms. The average molecular weight is 296 g/mol. The molecule has 0 aliphatic carbocycles. The summed E-state index contributed by atoms with van der Waals surface area (Å²) >= 11 is 5.87. The zero-order valence-corrected chi connectivity index (χ0v) is 12.1. The number of amides is 1. The summed E-state index contributed by atoms with van der Waals surface area (Å²) in [7, 11) is 0. The van der Waals surface area contributed by atoms with Crippen molar-refractivity contribution in [1.29, 1.82) is 0 Å². The van der Waals surface area contributed by atoms with Crippen LogP contribution in [-0.2, 0) is 0 Å². The lowest BCUT2D eigenvalue weighted by molar-refractivity contribution is 0.0697. The third kappa shape index (κ3) is 2.70. The van der Waals surface area contributed by atoms with E-state index in [0.717, 1.165) is 25.9 Å². The van der Waals surface area contributed by atoms with Crippen LogP contribution in [0.25, 0.3) is 0 Å². The highest BCUT2D eigenvalue weighted by atomic mass is 35.5. The van der Waals surface area contributed by atoms with E-state index in [1.165, 1.54) is 0 Å². The summed E-state index contributed by atoms with van der Waals surface area (Å²) in [5, 5.41) is 0. The molecule has 5 heteroatoms. The number of ether oxygens (including phenoxy) is 2. The van der Waals surface area contributed by atoms with Gasteiger partial charge in [-0.05, 0) is 37.0 Å². The molecule has 2 aliphatic rings. The van der Waals surface area contributed by atoms with Crippen LogP contribution < -0.4 is 9.47 Å². The van der Waals surface area contributed by atoms with E-state index in [9.17, 15) is 4.79 Å². The quantitative estimate of drug-likeness (QED) is 0.787. The molecule has 0 bridgehead atoms. The Morgan fingerprint density at radius 2 is 1.90 bits per heavy atom. The molecule has 108 valence electrons. The summed E-state index contributed by atoms with van der Waals surface area (Å²) in [6.07, 6.45) is 1.97. The van der Waals surface area contributed by atoms with Gasteiger partial charge in [-0.15, -0.1) is 11.6 Å². The van der Waals surface area contributed by atoms with Crippen molar-refractivity contribution >= 4 is 17.5 Å². The minimum atomic E-state index is 0.0648. The van der Waals surface area contributed by atoms with Crippen LogP contribution in [0.3, 0.4) is 0 Å². The summed E-state index contributed by atoms with van der Waals surface area (Å²) in [4.78, 5) is 14.4. The van der Waals surface area contributed by atoms with Crippen LogP contribution in [-0.4, -0.2) is 43.0 Å². The van der Waals surface area contributed by atoms with E-state index in [1.807, 2.05) is 17.0 Å². The molecule has 1 aromatic rings. The van der Waals surface area contributed by atoms with Crippen molar-refractivity contribution < 1.29 is 14.3 Å². The number of rotatable bonds is 2. The molecule has 0 radical (unpaired) electrons. The second-order valence-electron chi connectivity index (χ2n) is 5.25. The molecular formula is C15H18ClNO3. The predicted molar refractivity (Wildman–Crippen MR) is 76.8 cm³/mol. The minimum absolute atomic E-state index is 0.0648. The van der Waals surface area contributed by atoms with Gasteiger partial charge in [-0.3, -0.25) is 4.79 Å². The Hall–Kier alpha value is -1.42. The van der Waals surface area contributed by atoms with Gasteiger partial charge in [0.15, 0.2) is 11.5 Å². The number of halogens is 1. The van der Waals surface area contributed by atoms with Crippen molar-refractivity contribution in [3.05, 3.63) is 23.8 Å². The molecule has 0 atom stereocenters. The van der Waals surface area contributed by atoms with Gasteiger partial charge in [0, 0.05) is 24.5 Å². The molecule has 1 aromatic carbocycles. The average Bonchev–Trinajstić information content (AvgIpc) is 2.54. The van der Waals surface area contributed by atoms with Crippen LogP contribution in [0.4, 0.5) is 0 Å². The van der Waals surface area contributed by atoms with Crippen LogP contribution in [0, 0.1) is 5.92 Å². The molecule has 0 N–H and O–H groups in total. The fourth-order valence-electron chi connectivity index (χ4n) is 2.65. The van der Waals surface area contributed by atoms with Crippen molar-refractivity contribution in [3.63, 3.8) is 0 Å². The third-order valence-corrected chi connectivity index (χ3v) is 4.35. The van der Waals surface area contributed by atoms with E-state index < -0.39 is 0 Å². The summed E-state index contributed by atoms with van der Waals surface area (Å²) in [5.41, 5.74) is 0.665. The molecule has 0 aromatic heterocycles. The maximum Gasteiger partial charge on any atom is 0.253 e. The summed E-state index contributed by atoms with van der Waals surface area (Å²) in [5.74, 6) is 2.67. The lowest BCUT2D eigenvalue weighted by Crippen LogP contribution is -2.38. The highest BCUT2D eigenvalue weighted by Crippen LogP contribution is 2.31. The number of fused-ring (bicyclic) bond motifs is 1. The molecular weight excluding hydrogens is 278 g/mol. The second kappa shape index (κ2) is 5.92. The van der Waals surface area contributed by atoms with Crippen molar-refractivity contribution in [2.45, 2.75) is 12.8 Å². The van der Waals surface area contributed by atoms with Crippen molar-refractivity contribution in [1.82, 2.24) is 4.90 Å². The molecule has 0 spiro atoms. The molecule has 2 aliphatic heterocycles. The first-order valence-corrected chi connectivity index (χ1v) is 7.56. The number of nitrogens with zero attached hydrogens (tertiary/aromatic N) is 1. The SMILES string of the molecule is O=C(c1ccc2c(c1)OCCO2)N1CCC(CCl)CC1. The number of likely N-dealkylation sites (tertiary alicyclic amines) is 1. The molecule has 0 unspecified atom stereocenters. The highest BCUT2D eigenvalue weighted by Gasteiger charge is 2.24. The van der Waals surface area contributed by atoms with E-state index in [2.05, 4.69) is 0 Å². The Morgan fingerprint density at radius 3 is 2.60 bits per heavy atom. The topological polar surface area (TPSA) is 38.8 Å². The maximum atomic E-state index is 12.5. The van der Waals surface area contributed by atoms with Gasteiger partial charge in [-0.1, -0.05) is 0 Å². The van der Waals surface area contributed by atoms with Crippen LogP contribution in [0.15, 0.2) is 18.2 Å². The fourth-order valence-corrected chi connectivity index (χ4v) is 2.96. The predicted octanol–water partition coefficient (Wildman–Crippen LogP) is 2.55. The zero-order valence-electron chi connectivity index (χ0n) is 11.3. The number of carbonyl (C=O) groups excluding carboxylic acids is 1. The van der Waals surface area contributed by atoms with E-state index in [-0.39, 0.29) is 5.91 Å². The van der Waals surface area contributed by atoms with Gasteiger partial charge < -0.3 is 14.4 Å². The smallest absolute Gasteiger partial charge is 0.253 e. The van der Waals surface area contributed by atoms with Gasteiger partial charge >= 0.3 is 0 Å². The fraction of sp³-hybridized carbons (Fsp3) is 0.533. The largest absolute Gasteiger partial charge is 0.486 e. The first-order chi connectivity index (χ1) is 9.78. The molecule has 4 nitrogen and oxygen atoms in total. The van der Waals surface area contributed by atoms with E-state index in [1.54, 1.807) is 6.07 Å². The van der Waals surface area contributed by atoms with Crippen LogP contribution in [0.1, 0.15) is 23.2 Å². The third-order valence-electron chi connectivity index (χ3n) is 3.91. The number of hydrogen-bond donors (Lipinski definition) is 0. The van der Waals surface area contributed by atoms with Gasteiger partial charge in [0.05, 0.1) is 0 Å². The summed E-state index contributed by atoms with van der Waals surface area (Å²) in [6, 6.07) is 5.40. The number of carbonyl (C=O) groups is 1. The molecule has 0 saturated carbocycles. The standard InChI is InChI=1S/C15H18ClNO3/c16-10-11-3-5-17(6-4-11)15(18)12-1-2-13-14(9-12)20-8-7-19-13/h1-2,9,11H,3-8,10H2. The van der Waals surface area contributed by atoms with Gasteiger partial charge in [0.2, 0.25) is 0 Å². The zero-order chi connectivity index (χ0) is 13.9. The molecule has 1 amide bonds. The van der Waals surface area contributed by atoms with Crippen LogP contribution >= 0.6 is 11.6 Å². The van der Waals surface area contributed by atoms with Gasteiger partial charge in [-0.2, -0.15) is 0 Å². The second-order valence-corrected chi connectivity index (χ2v) is 5.56. The Balaban J connectivity index is 1.71. The lowest BCUT2D eigenvalue weighted by atomic mass is 9.98. The number of hydrogen-bond acceptors (Lipinski definition) is 3. The van der Waals surface area contributed by atoms with E-state index >= 15 is 0 Å². The summed E-state index contributed by atoms with van der Waals surface area (Å²) in [6.45, 7) is 2.66. The normalized spacial score (nSPS) is 18.9. The minimum Gasteiger partial charge on any atom is -0.486 e. The Morgan fingerprint density at radius 1 is 1.20 bits per heavy atom. The van der Waals surface area contributed by atoms with E-state index in [0.29, 0.717) is 42.1 Å². The number of benzene rings is 1. The maximum absolute atomic E-state index is 12.5. The number of piperidine rings is 1. The molecule has 1 fully saturated rings. The lowest BCUT2D eigenvalue weighted by Gasteiger charge is -2.31. The van der Waals surface area contributed by atoms with Crippen LogP contribution in [0.5, 0.6) is 11.5 Å². The van der Waals surface area contributed by atoms with Crippen LogP contribution in [0.2, 0.25) is 0 Å². The Kier molecular flexibility index (Phi) is 4.01. The van der Waals surface area contributed by atoms with Crippen molar-refractivity contribution in [2.75, 3.05) is 32.2 Å². The van der Waals surface area contributed by atoms with Gasteiger partial charge in [0.1, 0.15) is 13.2 Å². The van der Waals surface area contributed by atoms with Gasteiger partial charge in [-0.25, -0.2) is 0 Å². The first-order valence-electron chi connectivity index (χ1n) is 7.03. The molecule has 1 saturated heterocycles. The molecule has 3 rings (SSSR count). The Labute approximate surface area is 123 Å². The van der Waals surface area contributed by atoms with E-state index in [4.69, 9.17) is 21.1 Å². The number of alkyl halides is 1. The summed E-state index contributed by atoms with van der Waals surface area (Å²) < 4.78 is 11.0. The highest BCUT2D eigenvalue weighted by molar-refractivity contribution is 6.18. The van der Waals surface area contributed by atoms with Crippen molar-refractivity contribution in [3.8, 4) is 11.5 Å².